The molecular weight excluding hydrogens is 268 g/mol. The molecule has 4 unspecified atom stereocenters. The van der Waals surface area contributed by atoms with E-state index >= 15 is 0 Å². The Hall–Kier alpha value is -1.10. The van der Waals surface area contributed by atoms with Crippen molar-refractivity contribution in [3.63, 3.8) is 0 Å². The lowest BCUT2D eigenvalue weighted by molar-refractivity contribution is -0.150. The van der Waals surface area contributed by atoms with Gasteiger partial charge in [-0.1, -0.05) is 34.1 Å². The fourth-order valence-corrected chi connectivity index (χ4v) is 3.45. The van der Waals surface area contributed by atoms with E-state index in [1.807, 2.05) is 27.7 Å². The zero-order valence-electron chi connectivity index (χ0n) is 13.7. The molecule has 0 aromatic rings. The van der Waals surface area contributed by atoms with E-state index < -0.39 is 5.97 Å². The number of carbonyl (C=O) groups excluding carboxylic acids is 1. The van der Waals surface area contributed by atoms with Gasteiger partial charge in [-0.15, -0.1) is 0 Å². The average Bonchev–Trinajstić information content (AvgIpc) is 2.40. The first-order valence-electron chi connectivity index (χ1n) is 7.98. The maximum Gasteiger partial charge on any atom is 0.307 e. The highest BCUT2D eigenvalue weighted by Crippen LogP contribution is 2.45. The van der Waals surface area contributed by atoms with Crippen molar-refractivity contribution in [2.45, 2.75) is 59.4 Å². The molecule has 0 aromatic carbocycles. The van der Waals surface area contributed by atoms with Gasteiger partial charge < -0.3 is 16.2 Å². The number of carbonyl (C=O) groups is 2. The van der Waals surface area contributed by atoms with Gasteiger partial charge in [0.15, 0.2) is 0 Å². The molecule has 1 aliphatic rings. The van der Waals surface area contributed by atoms with Crippen LogP contribution in [-0.4, -0.2) is 29.6 Å². The summed E-state index contributed by atoms with van der Waals surface area (Å²) in [7, 11) is 0. The topological polar surface area (TPSA) is 92.4 Å². The number of nitrogens with one attached hydrogen (secondary N) is 1. The number of nitrogens with two attached hydrogens (primary N) is 1. The lowest BCUT2D eigenvalue weighted by atomic mass is 9.61. The molecule has 4 N–H and O–H groups in total. The number of rotatable bonds is 6. The number of hydrogen-bond acceptors (Lipinski definition) is 3. The first-order valence-corrected chi connectivity index (χ1v) is 7.98. The number of carboxylic acid groups (broad SMARTS) is 1. The summed E-state index contributed by atoms with van der Waals surface area (Å²) in [5.41, 5.74) is 5.35. The minimum atomic E-state index is -0.734. The van der Waals surface area contributed by atoms with Gasteiger partial charge in [-0.3, -0.25) is 9.59 Å². The number of amides is 1. The maximum absolute atomic E-state index is 12.3. The molecule has 122 valence electrons. The van der Waals surface area contributed by atoms with Gasteiger partial charge in [0.25, 0.3) is 0 Å². The zero-order chi connectivity index (χ0) is 16.2. The highest BCUT2D eigenvalue weighted by atomic mass is 16.4. The second-order valence-electron chi connectivity index (χ2n) is 6.91. The van der Waals surface area contributed by atoms with Crippen LogP contribution in [0.2, 0.25) is 0 Å². The first kappa shape index (κ1) is 18.0. The van der Waals surface area contributed by atoms with E-state index in [-0.39, 0.29) is 35.1 Å². The van der Waals surface area contributed by atoms with Crippen LogP contribution in [0.1, 0.15) is 53.4 Å². The summed E-state index contributed by atoms with van der Waals surface area (Å²) in [6, 6.07) is 0.0361. The van der Waals surface area contributed by atoms with Crippen LogP contribution in [0.3, 0.4) is 0 Å². The Bertz CT molecular complexity index is 382. The third-order valence-corrected chi connectivity index (χ3v) is 5.36. The van der Waals surface area contributed by atoms with E-state index in [0.29, 0.717) is 13.0 Å². The van der Waals surface area contributed by atoms with Gasteiger partial charge in [-0.05, 0) is 30.6 Å². The molecule has 0 bridgehead atoms. The fourth-order valence-electron chi connectivity index (χ4n) is 3.45. The summed E-state index contributed by atoms with van der Waals surface area (Å²) in [5, 5.41) is 12.5. The minimum Gasteiger partial charge on any atom is -0.481 e. The van der Waals surface area contributed by atoms with Gasteiger partial charge in [-0.25, -0.2) is 0 Å². The molecule has 0 heterocycles. The van der Waals surface area contributed by atoms with Crippen LogP contribution >= 0.6 is 0 Å². The van der Waals surface area contributed by atoms with Gasteiger partial charge in [0.2, 0.25) is 5.91 Å². The van der Waals surface area contributed by atoms with Crippen LogP contribution in [-0.2, 0) is 9.59 Å². The fraction of sp³-hybridized carbons (Fsp3) is 0.875. The third kappa shape index (κ3) is 3.96. The molecule has 0 aliphatic heterocycles. The molecule has 0 saturated heterocycles. The van der Waals surface area contributed by atoms with E-state index in [2.05, 4.69) is 5.32 Å². The van der Waals surface area contributed by atoms with Crippen molar-refractivity contribution in [2.75, 3.05) is 6.54 Å². The highest BCUT2D eigenvalue weighted by molar-refractivity contribution is 5.79. The van der Waals surface area contributed by atoms with Crippen LogP contribution in [0.15, 0.2) is 0 Å². The maximum atomic E-state index is 12.3. The molecule has 1 saturated carbocycles. The largest absolute Gasteiger partial charge is 0.481 e. The van der Waals surface area contributed by atoms with Gasteiger partial charge in [0.1, 0.15) is 0 Å². The molecule has 5 heteroatoms. The number of carboxylic acids is 1. The van der Waals surface area contributed by atoms with Crippen molar-refractivity contribution in [1.82, 2.24) is 5.32 Å². The number of hydrogen-bond donors (Lipinski definition) is 3. The molecule has 1 aliphatic carbocycles. The van der Waals surface area contributed by atoms with Crippen molar-refractivity contribution in [2.24, 2.45) is 28.9 Å². The van der Waals surface area contributed by atoms with Crippen molar-refractivity contribution in [3.05, 3.63) is 0 Å². The van der Waals surface area contributed by atoms with E-state index in [4.69, 9.17) is 5.73 Å². The molecule has 0 radical (unpaired) electrons. The quantitative estimate of drug-likeness (QED) is 0.699. The standard InChI is InChI=1S/C16H30N2O3/c1-5-6-11(9-17)14(19)18-13-8-7-12(15(20)21)16(3,4)10(13)2/h10-13H,5-9,17H2,1-4H3,(H,18,19)(H,20,21). The zero-order valence-corrected chi connectivity index (χ0v) is 13.7. The smallest absolute Gasteiger partial charge is 0.307 e. The van der Waals surface area contributed by atoms with Crippen LogP contribution in [0, 0.1) is 23.2 Å². The van der Waals surface area contributed by atoms with Crippen molar-refractivity contribution in [3.8, 4) is 0 Å². The Morgan fingerprint density at radius 3 is 2.48 bits per heavy atom. The van der Waals surface area contributed by atoms with E-state index in [1.54, 1.807) is 0 Å². The Labute approximate surface area is 127 Å². The Kier molecular flexibility index (Phi) is 6.20. The highest BCUT2D eigenvalue weighted by Gasteiger charge is 2.46. The summed E-state index contributed by atoms with van der Waals surface area (Å²) < 4.78 is 0. The van der Waals surface area contributed by atoms with Crippen molar-refractivity contribution in [1.29, 1.82) is 0 Å². The summed E-state index contributed by atoms with van der Waals surface area (Å²) in [6.45, 7) is 8.42. The lowest BCUT2D eigenvalue weighted by Gasteiger charge is -2.46. The molecular formula is C16H30N2O3. The summed E-state index contributed by atoms with van der Waals surface area (Å²) in [4.78, 5) is 23.7. The molecule has 1 rings (SSSR count). The summed E-state index contributed by atoms with van der Waals surface area (Å²) in [5.74, 6) is -1.08. The predicted octanol–water partition coefficient (Wildman–Crippen LogP) is 2.00. The normalized spacial score (nSPS) is 29.7. The van der Waals surface area contributed by atoms with E-state index in [1.165, 1.54) is 0 Å². The molecule has 0 aromatic heterocycles. The predicted molar refractivity (Wildman–Crippen MR) is 82.7 cm³/mol. The second kappa shape index (κ2) is 7.25. The Balaban J connectivity index is 2.74. The second-order valence-corrected chi connectivity index (χ2v) is 6.91. The average molecular weight is 298 g/mol. The van der Waals surface area contributed by atoms with E-state index in [0.717, 1.165) is 19.3 Å². The molecule has 1 amide bonds. The molecule has 5 nitrogen and oxygen atoms in total. The van der Waals surface area contributed by atoms with Gasteiger partial charge >= 0.3 is 5.97 Å². The Morgan fingerprint density at radius 1 is 1.38 bits per heavy atom. The van der Waals surface area contributed by atoms with Gasteiger partial charge in [0.05, 0.1) is 11.8 Å². The molecule has 4 atom stereocenters. The van der Waals surface area contributed by atoms with Crippen molar-refractivity contribution >= 4 is 11.9 Å². The van der Waals surface area contributed by atoms with Gasteiger partial charge in [0, 0.05) is 12.6 Å². The molecule has 1 fully saturated rings. The minimum absolute atomic E-state index is 0.0146. The van der Waals surface area contributed by atoms with Crippen LogP contribution in [0.5, 0.6) is 0 Å². The van der Waals surface area contributed by atoms with Crippen LogP contribution < -0.4 is 11.1 Å². The van der Waals surface area contributed by atoms with Crippen molar-refractivity contribution < 1.29 is 14.7 Å². The third-order valence-electron chi connectivity index (χ3n) is 5.36. The van der Waals surface area contributed by atoms with Crippen LogP contribution in [0.25, 0.3) is 0 Å². The lowest BCUT2D eigenvalue weighted by Crippen LogP contribution is -2.53. The van der Waals surface area contributed by atoms with Crippen LogP contribution in [0.4, 0.5) is 0 Å². The molecule has 0 spiro atoms. The monoisotopic (exact) mass is 298 g/mol. The Morgan fingerprint density at radius 2 is 2.00 bits per heavy atom. The summed E-state index contributed by atoms with van der Waals surface area (Å²) >= 11 is 0. The first-order chi connectivity index (χ1) is 9.75. The van der Waals surface area contributed by atoms with E-state index in [9.17, 15) is 14.7 Å². The number of aliphatic carboxylic acids is 1. The SMILES string of the molecule is CCCC(CN)C(=O)NC1CCC(C(=O)O)C(C)(C)C1C. The molecule has 21 heavy (non-hydrogen) atoms. The van der Waals surface area contributed by atoms with Gasteiger partial charge in [-0.2, -0.15) is 0 Å². The summed E-state index contributed by atoms with van der Waals surface area (Å²) in [6.07, 6.45) is 3.06.